The number of H-pyrrole nitrogens is 1. The molecule has 2 N–H and O–H groups in total. The van der Waals surface area contributed by atoms with E-state index in [1.807, 2.05) is 61.6 Å². The number of nitrogens with zero attached hydrogens (tertiary/aromatic N) is 2. The minimum atomic E-state index is -0.258. The van der Waals surface area contributed by atoms with E-state index in [0.29, 0.717) is 5.56 Å². The van der Waals surface area contributed by atoms with E-state index in [0.717, 1.165) is 22.5 Å². The highest BCUT2D eigenvalue weighted by atomic mass is 16.2. The zero-order valence-corrected chi connectivity index (χ0v) is 12.7. The van der Waals surface area contributed by atoms with Gasteiger partial charge in [-0.05, 0) is 17.7 Å². The van der Waals surface area contributed by atoms with Gasteiger partial charge in [-0.25, -0.2) is 0 Å². The SMILES string of the molecule is CN1c2ccccc2C(=O)NC1c1cn[nH]c1-c1ccccc1. The number of hydrogen-bond acceptors (Lipinski definition) is 3. The number of para-hydroxylation sites is 1. The largest absolute Gasteiger partial charge is 0.350 e. The predicted molar refractivity (Wildman–Crippen MR) is 89.1 cm³/mol. The Kier molecular flexibility index (Phi) is 3.12. The van der Waals surface area contributed by atoms with Crippen molar-refractivity contribution in [2.45, 2.75) is 6.17 Å². The standard InChI is InChI=1S/C18H16N4O/c1-22-15-10-6-5-9-13(15)18(23)20-17(22)14-11-19-21-16(14)12-7-3-2-4-8-12/h2-11,17H,1H3,(H,19,21)(H,20,23). The average molecular weight is 304 g/mol. The summed E-state index contributed by atoms with van der Waals surface area (Å²) in [4.78, 5) is 14.5. The summed E-state index contributed by atoms with van der Waals surface area (Å²) in [6.45, 7) is 0. The van der Waals surface area contributed by atoms with Gasteiger partial charge in [-0.3, -0.25) is 9.89 Å². The van der Waals surface area contributed by atoms with Gasteiger partial charge in [0.15, 0.2) is 0 Å². The van der Waals surface area contributed by atoms with Crippen LogP contribution in [0.4, 0.5) is 5.69 Å². The highest BCUT2D eigenvalue weighted by molar-refractivity contribution is 6.02. The first kappa shape index (κ1) is 13.6. The summed E-state index contributed by atoms with van der Waals surface area (Å²) in [6, 6.07) is 17.6. The van der Waals surface area contributed by atoms with E-state index in [4.69, 9.17) is 0 Å². The van der Waals surface area contributed by atoms with Gasteiger partial charge in [0.05, 0.1) is 23.1 Å². The molecular formula is C18H16N4O. The number of amides is 1. The Morgan fingerprint density at radius 1 is 1.04 bits per heavy atom. The number of aromatic nitrogens is 2. The molecule has 5 heteroatoms. The zero-order valence-electron chi connectivity index (χ0n) is 12.7. The van der Waals surface area contributed by atoms with Crippen LogP contribution in [0.15, 0.2) is 60.8 Å². The zero-order chi connectivity index (χ0) is 15.8. The van der Waals surface area contributed by atoms with E-state index in [9.17, 15) is 4.79 Å². The molecule has 0 spiro atoms. The normalized spacial score (nSPS) is 16.8. The van der Waals surface area contributed by atoms with Crippen LogP contribution in [-0.4, -0.2) is 23.2 Å². The molecule has 0 saturated heterocycles. The Labute approximate surface area is 134 Å². The summed E-state index contributed by atoms with van der Waals surface area (Å²) in [5.74, 6) is -0.0658. The maximum atomic E-state index is 12.4. The number of aromatic amines is 1. The number of anilines is 1. The first-order chi connectivity index (χ1) is 11.3. The molecule has 2 heterocycles. The van der Waals surface area contributed by atoms with Gasteiger partial charge in [0.2, 0.25) is 0 Å². The fraction of sp³-hybridized carbons (Fsp3) is 0.111. The molecule has 0 saturated carbocycles. The lowest BCUT2D eigenvalue weighted by Gasteiger charge is -2.36. The van der Waals surface area contributed by atoms with Crippen LogP contribution in [0.1, 0.15) is 22.1 Å². The highest BCUT2D eigenvalue weighted by Gasteiger charge is 2.31. The summed E-state index contributed by atoms with van der Waals surface area (Å²) in [5.41, 5.74) is 4.52. The van der Waals surface area contributed by atoms with E-state index in [1.165, 1.54) is 0 Å². The van der Waals surface area contributed by atoms with Crippen LogP contribution < -0.4 is 10.2 Å². The van der Waals surface area contributed by atoms with Crippen molar-refractivity contribution in [2.24, 2.45) is 0 Å². The number of rotatable bonds is 2. The van der Waals surface area contributed by atoms with Gasteiger partial charge < -0.3 is 10.2 Å². The van der Waals surface area contributed by atoms with Crippen molar-refractivity contribution in [3.05, 3.63) is 71.9 Å². The average Bonchev–Trinajstić information content (AvgIpc) is 3.08. The van der Waals surface area contributed by atoms with Crippen molar-refractivity contribution in [3.63, 3.8) is 0 Å². The lowest BCUT2D eigenvalue weighted by Crippen LogP contribution is -2.44. The molecule has 1 amide bonds. The van der Waals surface area contributed by atoms with E-state index in [-0.39, 0.29) is 12.1 Å². The third-order valence-electron chi connectivity index (χ3n) is 4.21. The Hall–Kier alpha value is -3.08. The second kappa shape index (κ2) is 5.28. The van der Waals surface area contributed by atoms with Gasteiger partial charge >= 0.3 is 0 Å². The lowest BCUT2D eigenvalue weighted by molar-refractivity contribution is 0.0928. The monoisotopic (exact) mass is 304 g/mol. The maximum absolute atomic E-state index is 12.4. The van der Waals surface area contributed by atoms with Gasteiger partial charge in [-0.1, -0.05) is 42.5 Å². The molecule has 1 atom stereocenters. The number of benzene rings is 2. The molecule has 0 bridgehead atoms. The topological polar surface area (TPSA) is 61.0 Å². The summed E-state index contributed by atoms with van der Waals surface area (Å²) in [5, 5.41) is 10.3. The van der Waals surface area contributed by atoms with Crippen LogP contribution in [0.5, 0.6) is 0 Å². The number of nitrogens with one attached hydrogen (secondary N) is 2. The first-order valence-electron chi connectivity index (χ1n) is 7.47. The molecule has 5 nitrogen and oxygen atoms in total. The summed E-state index contributed by atoms with van der Waals surface area (Å²) in [6.07, 6.45) is 1.52. The number of hydrogen-bond donors (Lipinski definition) is 2. The molecule has 23 heavy (non-hydrogen) atoms. The fourth-order valence-corrected chi connectivity index (χ4v) is 3.04. The Morgan fingerprint density at radius 2 is 1.78 bits per heavy atom. The predicted octanol–water partition coefficient (Wildman–Crippen LogP) is 2.96. The maximum Gasteiger partial charge on any atom is 0.255 e. The first-order valence-corrected chi connectivity index (χ1v) is 7.47. The number of fused-ring (bicyclic) bond motifs is 1. The van der Waals surface area contributed by atoms with Gasteiger partial charge in [-0.15, -0.1) is 0 Å². The molecule has 1 unspecified atom stereocenters. The Bertz CT molecular complexity index is 856. The lowest BCUT2D eigenvalue weighted by atomic mass is 10.0. The van der Waals surface area contributed by atoms with Crippen LogP contribution in [0.3, 0.4) is 0 Å². The van der Waals surface area contributed by atoms with Gasteiger partial charge in [0.25, 0.3) is 5.91 Å². The second-order valence-electron chi connectivity index (χ2n) is 5.57. The third-order valence-corrected chi connectivity index (χ3v) is 4.21. The highest BCUT2D eigenvalue weighted by Crippen LogP contribution is 2.34. The van der Waals surface area contributed by atoms with E-state index < -0.39 is 0 Å². The molecular weight excluding hydrogens is 288 g/mol. The molecule has 1 aliphatic rings. The molecule has 1 aliphatic heterocycles. The van der Waals surface area contributed by atoms with Crippen LogP contribution in [0, 0.1) is 0 Å². The smallest absolute Gasteiger partial charge is 0.255 e. The van der Waals surface area contributed by atoms with E-state index in [2.05, 4.69) is 20.4 Å². The van der Waals surface area contributed by atoms with Gasteiger partial charge in [-0.2, -0.15) is 5.10 Å². The molecule has 0 aliphatic carbocycles. The number of carbonyl (C=O) groups excluding carboxylic acids is 1. The molecule has 1 aromatic heterocycles. The van der Waals surface area contributed by atoms with E-state index >= 15 is 0 Å². The quantitative estimate of drug-likeness (QED) is 0.765. The van der Waals surface area contributed by atoms with Crippen molar-refractivity contribution in [1.29, 1.82) is 0 Å². The molecule has 0 radical (unpaired) electrons. The molecule has 3 aromatic rings. The molecule has 0 fully saturated rings. The Balaban J connectivity index is 1.79. The van der Waals surface area contributed by atoms with Crippen molar-refractivity contribution in [1.82, 2.24) is 15.5 Å². The summed E-state index contributed by atoms with van der Waals surface area (Å²) < 4.78 is 0. The fourth-order valence-electron chi connectivity index (χ4n) is 3.04. The second-order valence-corrected chi connectivity index (χ2v) is 5.57. The molecule has 2 aromatic carbocycles. The van der Waals surface area contributed by atoms with Crippen LogP contribution >= 0.6 is 0 Å². The minimum Gasteiger partial charge on any atom is -0.350 e. The van der Waals surface area contributed by atoms with Crippen LogP contribution in [0.2, 0.25) is 0 Å². The van der Waals surface area contributed by atoms with Crippen molar-refractivity contribution < 1.29 is 4.79 Å². The number of carbonyl (C=O) groups is 1. The van der Waals surface area contributed by atoms with Crippen molar-refractivity contribution >= 4 is 11.6 Å². The van der Waals surface area contributed by atoms with Gasteiger partial charge in [0.1, 0.15) is 6.17 Å². The van der Waals surface area contributed by atoms with E-state index in [1.54, 1.807) is 6.20 Å². The summed E-state index contributed by atoms with van der Waals surface area (Å²) in [7, 11) is 1.98. The van der Waals surface area contributed by atoms with Gasteiger partial charge in [0, 0.05) is 12.6 Å². The molecule has 4 rings (SSSR count). The summed E-state index contributed by atoms with van der Waals surface area (Å²) >= 11 is 0. The minimum absolute atomic E-state index is 0.0658. The molecule has 114 valence electrons. The Morgan fingerprint density at radius 3 is 2.61 bits per heavy atom. The van der Waals surface area contributed by atoms with Crippen molar-refractivity contribution in [2.75, 3.05) is 11.9 Å². The van der Waals surface area contributed by atoms with Crippen LogP contribution in [0.25, 0.3) is 11.3 Å². The van der Waals surface area contributed by atoms with Crippen molar-refractivity contribution in [3.8, 4) is 11.3 Å². The third kappa shape index (κ3) is 2.17. The van der Waals surface area contributed by atoms with Crippen LogP contribution in [-0.2, 0) is 0 Å².